The van der Waals surface area contributed by atoms with E-state index in [1.165, 1.54) is 0 Å². The second kappa shape index (κ2) is 5.57. The minimum absolute atomic E-state index is 0.228. The van der Waals surface area contributed by atoms with Gasteiger partial charge in [0.15, 0.2) is 5.65 Å². The molecule has 3 aromatic rings. The summed E-state index contributed by atoms with van der Waals surface area (Å²) in [5, 5.41) is 6.28. The number of rotatable bonds is 2. The molecule has 3 rings (SSSR count). The number of benzene rings is 1. The first-order valence-electron chi connectivity index (χ1n) is 6.38. The van der Waals surface area contributed by atoms with E-state index in [1.807, 2.05) is 0 Å². The van der Waals surface area contributed by atoms with Gasteiger partial charge in [-0.05, 0) is 12.1 Å². The lowest BCUT2D eigenvalue weighted by Gasteiger charge is -2.10. The van der Waals surface area contributed by atoms with Crippen LogP contribution >= 0.6 is 0 Å². The molecule has 25 heavy (non-hydrogen) atoms. The van der Waals surface area contributed by atoms with Gasteiger partial charge < -0.3 is 4.74 Å². The summed E-state index contributed by atoms with van der Waals surface area (Å²) in [7, 11) is 0. The minimum atomic E-state index is -5.00. The molecule has 0 saturated heterocycles. The van der Waals surface area contributed by atoms with Crippen molar-refractivity contribution < 1.29 is 35.5 Å². The highest BCUT2D eigenvalue weighted by Crippen LogP contribution is 2.31. The van der Waals surface area contributed by atoms with E-state index in [4.69, 9.17) is 0 Å². The van der Waals surface area contributed by atoms with Crippen LogP contribution in [-0.2, 0) is 6.18 Å². The lowest BCUT2D eigenvalue weighted by molar-refractivity contribution is -0.274. The van der Waals surface area contributed by atoms with Crippen molar-refractivity contribution in [3.63, 3.8) is 0 Å². The number of alkyl halides is 6. The maximum absolute atomic E-state index is 14.0. The average Bonchev–Trinajstić information content (AvgIpc) is 2.88. The topological polar surface area (TPSA) is 52.3 Å². The standard InChI is InChI=1S/C13H5F7N4O/c14-8-3-6(25-13(18,19)20)1-2-7(8)9-5-24-10(4-21-9)22-23-11(24)12(15,16)17/h1-5H. The molecule has 132 valence electrons. The summed E-state index contributed by atoms with van der Waals surface area (Å²) in [6.45, 7) is 0. The average molecular weight is 366 g/mol. The number of halogens is 7. The number of nitrogens with zero attached hydrogens (tertiary/aromatic N) is 4. The van der Waals surface area contributed by atoms with Crippen molar-refractivity contribution in [3.8, 4) is 17.0 Å². The van der Waals surface area contributed by atoms with Crippen molar-refractivity contribution in [1.29, 1.82) is 0 Å². The van der Waals surface area contributed by atoms with Gasteiger partial charge in [0.25, 0.3) is 0 Å². The fourth-order valence-corrected chi connectivity index (χ4v) is 2.03. The van der Waals surface area contributed by atoms with Crippen molar-refractivity contribution in [2.24, 2.45) is 0 Å². The fourth-order valence-electron chi connectivity index (χ4n) is 2.03. The quantitative estimate of drug-likeness (QED) is 0.647. The second-order valence-corrected chi connectivity index (χ2v) is 4.71. The normalized spacial score (nSPS) is 12.6. The van der Waals surface area contributed by atoms with E-state index in [0.29, 0.717) is 10.5 Å². The van der Waals surface area contributed by atoms with Crippen LogP contribution in [0.1, 0.15) is 5.82 Å². The van der Waals surface area contributed by atoms with Gasteiger partial charge in [-0.25, -0.2) is 4.39 Å². The largest absolute Gasteiger partial charge is 0.573 e. The van der Waals surface area contributed by atoms with Crippen LogP contribution in [0.2, 0.25) is 0 Å². The SMILES string of the molecule is Fc1cc(OC(F)(F)F)ccc1-c1cn2c(C(F)(F)F)nnc2cn1. The van der Waals surface area contributed by atoms with Crippen molar-refractivity contribution >= 4 is 5.65 Å². The van der Waals surface area contributed by atoms with Gasteiger partial charge in [0.1, 0.15) is 11.6 Å². The number of ether oxygens (including phenoxy) is 1. The van der Waals surface area contributed by atoms with E-state index in [9.17, 15) is 30.7 Å². The van der Waals surface area contributed by atoms with E-state index in [1.54, 1.807) is 0 Å². The van der Waals surface area contributed by atoms with Gasteiger partial charge in [0.05, 0.1) is 11.9 Å². The molecule has 0 spiro atoms. The molecule has 0 atom stereocenters. The number of hydrogen-bond acceptors (Lipinski definition) is 4. The molecule has 2 heterocycles. The predicted octanol–water partition coefficient (Wildman–Crippen LogP) is 3.85. The zero-order valence-corrected chi connectivity index (χ0v) is 11.7. The van der Waals surface area contributed by atoms with E-state index < -0.39 is 29.9 Å². The van der Waals surface area contributed by atoms with Gasteiger partial charge in [-0.2, -0.15) is 13.2 Å². The summed E-state index contributed by atoms with van der Waals surface area (Å²) in [6.07, 6.45) is -8.05. The van der Waals surface area contributed by atoms with Gasteiger partial charge in [-0.3, -0.25) is 9.38 Å². The van der Waals surface area contributed by atoms with Crippen LogP contribution in [-0.4, -0.2) is 25.9 Å². The van der Waals surface area contributed by atoms with Gasteiger partial charge >= 0.3 is 12.5 Å². The van der Waals surface area contributed by atoms with Crippen LogP contribution in [0, 0.1) is 5.82 Å². The highest BCUT2D eigenvalue weighted by atomic mass is 19.4. The van der Waals surface area contributed by atoms with E-state index in [2.05, 4.69) is 19.9 Å². The Morgan fingerprint density at radius 2 is 1.72 bits per heavy atom. The lowest BCUT2D eigenvalue weighted by Crippen LogP contribution is -2.17. The molecule has 0 unspecified atom stereocenters. The third-order valence-electron chi connectivity index (χ3n) is 3.00. The van der Waals surface area contributed by atoms with E-state index in [0.717, 1.165) is 24.5 Å². The fraction of sp³-hybridized carbons (Fsp3) is 0.154. The molecule has 0 aliphatic rings. The Kier molecular flexibility index (Phi) is 3.77. The maximum Gasteiger partial charge on any atom is 0.573 e. The molecule has 0 N–H and O–H groups in total. The second-order valence-electron chi connectivity index (χ2n) is 4.71. The number of fused-ring (bicyclic) bond motifs is 1. The Balaban J connectivity index is 2.04. The van der Waals surface area contributed by atoms with Gasteiger partial charge in [-0.1, -0.05) is 0 Å². The molecule has 5 nitrogen and oxygen atoms in total. The van der Waals surface area contributed by atoms with E-state index in [-0.39, 0.29) is 16.9 Å². The maximum atomic E-state index is 14.0. The molecule has 0 saturated carbocycles. The Morgan fingerprint density at radius 1 is 1.00 bits per heavy atom. The monoisotopic (exact) mass is 366 g/mol. The van der Waals surface area contributed by atoms with Crippen LogP contribution in [0.3, 0.4) is 0 Å². The molecule has 0 aliphatic heterocycles. The third kappa shape index (κ3) is 3.46. The highest BCUT2D eigenvalue weighted by Gasteiger charge is 2.37. The van der Waals surface area contributed by atoms with Crippen LogP contribution in [0.5, 0.6) is 5.75 Å². The Bertz CT molecular complexity index is 932. The molecule has 0 fully saturated rings. The summed E-state index contributed by atoms with van der Waals surface area (Å²) in [5.74, 6) is -3.31. The summed E-state index contributed by atoms with van der Waals surface area (Å²) < 4.78 is 93.0. The smallest absolute Gasteiger partial charge is 0.406 e. The van der Waals surface area contributed by atoms with Gasteiger partial charge in [0, 0.05) is 17.8 Å². The molecular formula is C13H5F7N4O. The van der Waals surface area contributed by atoms with Crippen molar-refractivity contribution in [3.05, 3.63) is 42.2 Å². The molecule has 12 heteroatoms. The Labute approximate surface area is 133 Å². The summed E-state index contributed by atoms with van der Waals surface area (Å²) in [4.78, 5) is 3.74. The van der Waals surface area contributed by atoms with Crippen LogP contribution < -0.4 is 4.74 Å². The van der Waals surface area contributed by atoms with Crippen LogP contribution in [0.15, 0.2) is 30.6 Å². The highest BCUT2D eigenvalue weighted by molar-refractivity contribution is 5.61. The Hall–Kier alpha value is -2.92. The van der Waals surface area contributed by atoms with Crippen molar-refractivity contribution in [2.45, 2.75) is 12.5 Å². The zero-order valence-electron chi connectivity index (χ0n) is 11.7. The lowest BCUT2D eigenvalue weighted by atomic mass is 10.1. The molecule has 0 radical (unpaired) electrons. The summed E-state index contributed by atoms with van der Waals surface area (Å²) >= 11 is 0. The minimum Gasteiger partial charge on any atom is -0.406 e. The Morgan fingerprint density at radius 3 is 2.32 bits per heavy atom. The first-order chi connectivity index (χ1) is 11.5. The zero-order chi connectivity index (χ0) is 18.4. The van der Waals surface area contributed by atoms with Crippen LogP contribution in [0.4, 0.5) is 30.7 Å². The molecule has 2 aromatic heterocycles. The molecule has 0 amide bonds. The van der Waals surface area contributed by atoms with Crippen LogP contribution in [0.25, 0.3) is 16.9 Å². The van der Waals surface area contributed by atoms with Gasteiger partial charge in [0.2, 0.25) is 5.82 Å². The predicted molar refractivity (Wildman–Crippen MR) is 67.9 cm³/mol. The van der Waals surface area contributed by atoms with Gasteiger partial charge in [-0.15, -0.1) is 23.4 Å². The molecule has 0 aliphatic carbocycles. The number of aromatic nitrogens is 4. The number of hydrogen-bond donors (Lipinski definition) is 0. The first kappa shape index (κ1) is 16.9. The van der Waals surface area contributed by atoms with Crippen molar-refractivity contribution in [1.82, 2.24) is 19.6 Å². The first-order valence-corrected chi connectivity index (χ1v) is 6.38. The molecule has 0 bridgehead atoms. The summed E-state index contributed by atoms with van der Waals surface area (Å²) in [5.41, 5.74) is -0.805. The van der Waals surface area contributed by atoms with Crippen molar-refractivity contribution in [2.75, 3.05) is 0 Å². The van der Waals surface area contributed by atoms with E-state index >= 15 is 0 Å². The molecule has 1 aromatic carbocycles. The summed E-state index contributed by atoms with van der Waals surface area (Å²) in [6, 6.07) is 2.17. The third-order valence-corrected chi connectivity index (χ3v) is 3.00. The molecular weight excluding hydrogens is 361 g/mol.